The average Bonchev–Trinajstić information content (AvgIpc) is 2.85. The highest BCUT2D eigenvalue weighted by Crippen LogP contribution is 2.36. The van der Waals surface area contributed by atoms with Crippen LogP contribution in [0.1, 0.15) is 42.6 Å². The third kappa shape index (κ3) is 5.08. The number of hydrogen-bond acceptors (Lipinski definition) is 7. The number of rotatable bonds is 3. The molecule has 0 bridgehead atoms. The van der Waals surface area contributed by atoms with Crippen molar-refractivity contribution in [3.05, 3.63) is 75.3 Å². The minimum Gasteiger partial charge on any atom is -0.364 e. The molecule has 0 amide bonds. The summed E-state index contributed by atoms with van der Waals surface area (Å²) in [5.74, 6) is -0.701. The number of hydrogen-bond donors (Lipinski definition) is 0. The lowest BCUT2D eigenvalue weighted by Crippen LogP contribution is -2.50. The molecule has 0 aliphatic carbocycles. The molecule has 39 heavy (non-hydrogen) atoms. The summed E-state index contributed by atoms with van der Waals surface area (Å²) in [6.07, 6.45) is -3.42. The summed E-state index contributed by atoms with van der Waals surface area (Å²) < 4.78 is 62.5. The van der Waals surface area contributed by atoms with Crippen LogP contribution >= 0.6 is 0 Å². The van der Waals surface area contributed by atoms with Gasteiger partial charge in [-0.25, -0.2) is 19.3 Å². The first-order chi connectivity index (χ1) is 18.2. The number of aryl methyl sites for hydroxylation is 2. The third-order valence-electron chi connectivity index (χ3n) is 6.68. The van der Waals surface area contributed by atoms with E-state index in [2.05, 4.69) is 19.9 Å². The van der Waals surface area contributed by atoms with Crippen molar-refractivity contribution in [2.45, 2.75) is 45.6 Å². The van der Waals surface area contributed by atoms with Gasteiger partial charge in [-0.3, -0.25) is 14.3 Å². The van der Waals surface area contributed by atoms with Crippen molar-refractivity contribution >= 4 is 17.0 Å². The molecule has 0 radical (unpaired) electrons. The van der Waals surface area contributed by atoms with Crippen LogP contribution in [0.4, 0.5) is 23.5 Å². The van der Waals surface area contributed by atoms with Crippen LogP contribution in [-0.4, -0.2) is 43.2 Å². The van der Waals surface area contributed by atoms with Crippen molar-refractivity contribution in [3.63, 3.8) is 0 Å². The molecular weight excluding hydrogens is 516 g/mol. The maximum atomic E-state index is 15.2. The van der Waals surface area contributed by atoms with Crippen molar-refractivity contribution in [2.75, 3.05) is 18.0 Å². The van der Waals surface area contributed by atoms with Crippen molar-refractivity contribution in [2.24, 2.45) is 7.05 Å². The molecule has 204 valence electrons. The summed E-state index contributed by atoms with van der Waals surface area (Å²) >= 11 is 0. The van der Waals surface area contributed by atoms with Gasteiger partial charge < -0.3 is 9.64 Å². The van der Waals surface area contributed by atoms with Crippen molar-refractivity contribution in [1.82, 2.24) is 24.5 Å². The van der Waals surface area contributed by atoms with E-state index in [0.717, 1.165) is 23.4 Å². The summed E-state index contributed by atoms with van der Waals surface area (Å²) in [7, 11) is 1.53. The number of halogens is 4. The van der Waals surface area contributed by atoms with E-state index in [1.807, 2.05) is 37.8 Å². The van der Waals surface area contributed by atoms with Crippen LogP contribution in [0.3, 0.4) is 0 Å². The van der Waals surface area contributed by atoms with Crippen LogP contribution in [0.15, 0.2) is 41.3 Å². The Morgan fingerprint density at radius 1 is 1.05 bits per heavy atom. The standard InChI is InChI=1S/C27H26F4N6O2/c1-14-10-16(8-9-32-14)20-12-37(13-26(3,4)39-20)25-34-21(18-7-6-17(11-19(18)28)27(29,30)31)22-23(35-25)24(38)36(5)15(2)33-22/h6-11,20H,12-13H2,1-5H3. The Kier molecular flexibility index (Phi) is 6.41. The maximum absolute atomic E-state index is 15.2. The van der Waals surface area contributed by atoms with Gasteiger partial charge in [0.15, 0.2) is 5.52 Å². The van der Waals surface area contributed by atoms with Crippen LogP contribution < -0.4 is 10.5 Å². The molecule has 0 saturated carbocycles. The predicted octanol–water partition coefficient (Wildman–Crippen LogP) is 4.92. The summed E-state index contributed by atoms with van der Waals surface area (Å²) in [6.45, 7) is 7.93. The fourth-order valence-corrected chi connectivity index (χ4v) is 4.73. The van der Waals surface area contributed by atoms with E-state index in [0.29, 0.717) is 25.0 Å². The lowest BCUT2D eigenvalue weighted by Gasteiger charge is -2.43. The van der Waals surface area contributed by atoms with E-state index in [1.165, 1.54) is 11.6 Å². The number of benzene rings is 1. The Balaban J connectivity index is 1.70. The van der Waals surface area contributed by atoms with Gasteiger partial charge in [0, 0.05) is 31.0 Å². The number of fused-ring (bicyclic) bond motifs is 1. The zero-order chi connectivity index (χ0) is 28.3. The first-order valence-electron chi connectivity index (χ1n) is 12.2. The minimum absolute atomic E-state index is 0.00633. The molecular formula is C27H26F4N6O2. The van der Waals surface area contributed by atoms with Gasteiger partial charge in [0.2, 0.25) is 5.95 Å². The van der Waals surface area contributed by atoms with Gasteiger partial charge in [-0.15, -0.1) is 0 Å². The Morgan fingerprint density at radius 3 is 2.46 bits per heavy atom. The minimum atomic E-state index is -4.72. The number of alkyl halides is 3. The average molecular weight is 543 g/mol. The molecule has 3 aromatic heterocycles. The largest absolute Gasteiger partial charge is 0.416 e. The van der Waals surface area contributed by atoms with Gasteiger partial charge in [-0.2, -0.15) is 13.2 Å². The molecule has 1 aromatic carbocycles. The lowest BCUT2D eigenvalue weighted by atomic mass is 10.0. The predicted molar refractivity (Wildman–Crippen MR) is 137 cm³/mol. The fourth-order valence-electron chi connectivity index (χ4n) is 4.73. The molecule has 4 aromatic rings. The van der Waals surface area contributed by atoms with Crippen LogP contribution in [0, 0.1) is 19.7 Å². The molecule has 4 heterocycles. The van der Waals surface area contributed by atoms with Gasteiger partial charge in [0.1, 0.15) is 29.0 Å². The quantitative estimate of drug-likeness (QED) is 0.340. The normalized spacial score (nSPS) is 17.6. The monoisotopic (exact) mass is 542 g/mol. The molecule has 1 atom stereocenters. The van der Waals surface area contributed by atoms with Gasteiger partial charge in [-0.05, 0) is 63.6 Å². The molecule has 12 heteroatoms. The fraction of sp³-hybridized carbons (Fsp3) is 0.370. The lowest BCUT2D eigenvalue weighted by molar-refractivity contribution is -0.137. The van der Waals surface area contributed by atoms with Crippen molar-refractivity contribution in [3.8, 4) is 11.3 Å². The Bertz CT molecular complexity index is 1650. The molecule has 1 aliphatic rings. The molecule has 1 unspecified atom stereocenters. The number of pyridine rings is 1. The highest BCUT2D eigenvalue weighted by Gasteiger charge is 2.36. The van der Waals surface area contributed by atoms with Gasteiger partial charge in [0.25, 0.3) is 5.56 Å². The number of anilines is 1. The molecule has 1 aliphatic heterocycles. The zero-order valence-electron chi connectivity index (χ0n) is 22.0. The second-order valence-corrected chi connectivity index (χ2v) is 10.3. The van der Waals surface area contributed by atoms with E-state index in [-0.39, 0.29) is 34.3 Å². The summed E-state index contributed by atoms with van der Waals surface area (Å²) in [5.41, 5.74) is -0.907. The van der Waals surface area contributed by atoms with E-state index in [1.54, 1.807) is 13.1 Å². The smallest absolute Gasteiger partial charge is 0.364 e. The highest BCUT2D eigenvalue weighted by atomic mass is 19.4. The Labute approximate surface area is 221 Å². The van der Waals surface area contributed by atoms with Gasteiger partial charge in [0.05, 0.1) is 17.7 Å². The number of ether oxygens (including phenoxy) is 1. The van der Waals surface area contributed by atoms with E-state index in [9.17, 15) is 18.0 Å². The van der Waals surface area contributed by atoms with Crippen molar-refractivity contribution < 1.29 is 22.3 Å². The van der Waals surface area contributed by atoms with Crippen LogP contribution in [0.25, 0.3) is 22.3 Å². The second kappa shape index (κ2) is 9.37. The maximum Gasteiger partial charge on any atom is 0.416 e. The molecule has 0 spiro atoms. The SMILES string of the molecule is Cc1cc(C2CN(c3nc(-c4ccc(C(F)(F)F)cc4F)c4nc(C)n(C)c(=O)c4n3)CC(C)(C)O2)ccn1. The van der Waals surface area contributed by atoms with E-state index < -0.39 is 28.7 Å². The molecule has 1 saturated heterocycles. The first kappa shape index (κ1) is 26.7. The van der Waals surface area contributed by atoms with Gasteiger partial charge >= 0.3 is 6.18 Å². The van der Waals surface area contributed by atoms with Crippen LogP contribution in [0.5, 0.6) is 0 Å². The zero-order valence-corrected chi connectivity index (χ0v) is 22.0. The summed E-state index contributed by atoms with van der Waals surface area (Å²) in [6, 6.07) is 5.96. The molecule has 0 N–H and O–H groups in total. The summed E-state index contributed by atoms with van der Waals surface area (Å²) in [5, 5.41) is 0. The molecule has 1 fully saturated rings. The first-order valence-corrected chi connectivity index (χ1v) is 12.2. The summed E-state index contributed by atoms with van der Waals surface area (Å²) in [4.78, 5) is 32.8. The van der Waals surface area contributed by atoms with Crippen molar-refractivity contribution in [1.29, 1.82) is 0 Å². The Hall–Kier alpha value is -3.93. The second-order valence-electron chi connectivity index (χ2n) is 10.3. The molecule has 5 rings (SSSR count). The third-order valence-corrected chi connectivity index (χ3v) is 6.68. The number of nitrogens with zero attached hydrogens (tertiary/aromatic N) is 6. The van der Waals surface area contributed by atoms with Crippen LogP contribution in [0.2, 0.25) is 0 Å². The van der Waals surface area contributed by atoms with E-state index >= 15 is 4.39 Å². The van der Waals surface area contributed by atoms with Gasteiger partial charge in [-0.1, -0.05) is 0 Å². The highest BCUT2D eigenvalue weighted by molar-refractivity contribution is 5.89. The number of aromatic nitrogens is 5. The topological polar surface area (TPSA) is 86.0 Å². The number of morpholine rings is 1. The molecule has 8 nitrogen and oxygen atoms in total. The Morgan fingerprint density at radius 2 is 1.79 bits per heavy atom. The van der Waals surface area contributed by atoms with E-state index in [4.69, 9.17) is 4.74 Å². The van der Waals surface area contributed by atoms with Crippen LogP contribution in [-0.2, 0) is 18.0 Å².